The number of piperidine rings is 1. The third-order valence-corrected chi connectivity index (χ3v) is 5.34. The maximum Gasteiger partial charge on any atom is 0.336 e. The highest BCUT2D eigenvalue weighted by molar-refractivity contribution is 5.88. The molecule has 10 nitrogen and oxygen atoms in total. The SMILES string of the molecule is O=C(O)CC(O)(CC(=O)OC(Cc1cc(-c2ccccc2)on1)N1CCCCC1)C(=O)O. The van der Waals surface area contributed by atoms with E-state index in [2.05, 4.69) is 5.16 Å². The van der Waals surface area contributed by atoms with Crippen LogP contribution in [0.5, 0.6) is 0 Å². The van der Waals surface area contributed by atoms with Gasteiger partial charge in [0.15, 0.2) is 17.6 Å². The van der Waals surface area contributed by atoms with Gasteiger partial charge in [-0.2, -0.15) is 0 Å². The first kappa shape index (κ1) is 23.4. The summed E-state index contributed by atoms with van der Waals surface area (Å²) in [6.07, 6.45) is 0.242. The van der Waals surface area contributed by atoms with Gasteiger partial charge >= 0.3 is 17.9 Å². The molecule has 10 heteroatoms. The second-order valence-corrected chi connectivity index (χ2v) is 7.88. The second-order valence-electron chi connectivity index (χ2n) is 7.88. The van der Waals surface area contributed by atoms with Crippen LogP contribution >= 0.6 is 0 Å². The number of carboxylic acids is 2. The lowest BCUT2D eigenvalue weighted by molar-refractivity contribution is -0.178. The number of likely N-dealkylation sites (tertiary alicyclic amines) is 1. The zero-order chi connectivity index (χ0) is 23.1. The molecular weight excluding hydrogens is 420 g/mol. The summed E-state index contributed by atoms with van der Waals surface area (Å²) in [6, 6.07) is 11.1. The van der Waals surface area contributed by atoms with Crippen molar-refractivity contribution in [1.29, 1.82) is 0 Å². The van der Waals surface area contributed by atoms with Crippen molar-refractivity contribution in [2.75, 3.05) is 13.1 Å². The van der Waals surface area contributed by atoms with E-state index in [-0.39, 0.29) is 6.42 Å². The zero-order valence-electron chi connectivity index (χ0n) is 17.5. The largest absolute Gasteiger partial charge is 0.481 e. The molecule has 2 atom stereocenters. The number of carbonyl (C=O) groups excluding carboxylic acids is 1. The third-order valence-electron chi connectivity index (χ3n) is 5.34. The summed E-state index contributed by atoms with van der Waals surface area (Å²) in [5.74, 6) is -3.77. The predicted molar refractivity (Wildman–Crippen MR) is 110 cm³/mol. The van der Waals surface area contributed by atoms with E-state index in [4.69, 9.17) is 14.4 Å². The Kier molecular flexibility index (Phi) is 7.60. The number of rotatable bonds is 10. The van der Waals surface area contributed by atoms with Crippen LogP contribution in [0.15, 0.2) is 40.9 Å². The molecule has 1 aliphatic heterocycles. The van der Waals surface area contributed by atoms with Crippen LogP contribution in [0.3, 0.4) is 0 Å². The van der Waals surface area contributed by atoms with Gasteiger partial charge in [0.1, 0.15) is 0 Å². The van der Waals surface area contributed by atoms with Gasteiger partial charge in [-0.05, 0) is 12.8 Å². The monoisotopic (exact) mass is 446 g/mol. The van der Waals surface area contributed by atoms with Crippen molar-refractivity contribution in [3.63, 3.8) is 0 Å². The molecule has 2 aromatic rings. The summed E-state index contributed by atoms with van der Waals surface area (Å²) < 4.78 is 10.9. The van der Waals surface area contributed by atoms with Crippen LogP contribution in [0.4, 0.5) is 0 Å². The van der Waals surface area contributed by atoms with Gasteiger partial charge in [0.05, 0.1) is 18.5 Å². The molecule has 0 spiro atoms. The average molecular weight is 446 g/mol. The standard InChI is InChI=1S/C22H26N2O8/c25-19(26)13-22(30,21(28)29)14-20(27)31-18(24-9-5-2-6-10-24)12-16-11-17(32-23-16)15-7-3-1-4-8-15/h1,3-4,7-8,11,18,30H,2,5-6,9-10,12-14H2,(H,25,26)(H,28,29). The number of carbonyl (C=O) groups is 3. The highest BCUT2D eigenvalue weighted by Gasteiger charge is 2.42. The van der Waals surface area contributed by atoms with Gasteiger partial charge in [-0.15, -0.1) is 0 Å². The summed E-state index contributed by atoms with van der Waals surface area (Å²) in [5, 5.41) is 32.3. The summed E-state index contributed by atoms with van der Waals surface area (Å²) in [7, 11) is 0. The van der Waals surface area contributed by atoms with Gasteiger partial charge in [0.25, 0.3) is 0 Å². The Bertz CT molecular complexity index is 938. The Morgan fingerprint density at radius 3 is 2.41 bits per heavy atom. The van der Waals surface area contributed by atoms with Crippen LogP contribution in [-0.2, 0) is 25.5 Å². The van der Waals surface area contributed by atoms with Crippen molar-refractivity contribution in [2.24, 2.45) is 0 Å². The van der Waals surface area contributed by atoms with E-state index in [0.29, 0.717) is 24.5 Å². The number of nitrogens with zero attached hydrogens (tertiary/aromatic N) is 2. The van der Waals surface area contributed by atoms with Crippen molar-refractivity contribution in [3.8, 4) is 11.3 Å². The number of benzene rings is 1. The number of aliphatic hydroxyl groups is 1. The van der Waals surface area contributed by atoms with Crippen LogP contribution in [0, 0.1) is 0 Å². The minimum atomic E-state index is -2.75. The minimum absolute atomic E-state index is 0.201. The highest BCUT2D eigenvalue weighted by Crippen LogP contribution is 2.24. The Morgan fingerprint density at radius 2 is 1.78 bits per heavy atom. The summed E-state index contributed by atoms with van der Waals surface area (Å²) in [6.45, 7) is 1.36. The predicted octanol–water partition coefficient (Wildman–Crippen LogP) is 1.92. The molecule has 3 N–H and O–H groups in total. The fourth-order valence-corrected chi connectivity index (χ4v) is 3.67. The zero-order valence-corrected chi connectivity index (χ0v) is 17.5. The topological polar surface area (TPSA) is 150 Å². The highest BCUT2D eigenvalue weighted by atomic mass is 16.6. The first-order chi connectivity index (χ1) is 15.3. The fraction of sp³-hybridized carbons (Fsp3) is 0.455. The first-order valence-corrected chi connectivity index (χ1v) is 10.4. The molecule has 1 aliphatic rings. The summed E-state index contributed by atoms with van der Waals surface area (Å²) >= 11 is 0. The van der Waals surface area contributed by atoms with Gasteiger partial charge in [-0.3, -0.25) is 14.5 Å². The van der Waals surface area contributed by atoms with Crippen molar-refractivity contribution in [3.05, 3.63) is 42.1 Å². The van der Waals surface area contributed by atoms with Crippen molar-refractivity contribution in [2.45, 2.75) is 50.4 Å². The quantitative estimate of drug-likeness (QED) is 0.462. The lowest BCUT2D eigenvalue weighted by Gasteiger charge is -2.34. The van der Waals surface area contributed by atoms with Gasteiger partial charge in [-0.1, -0.05) is 41.9 Å². The molecule has 0 aliphatic carbocycles. The normalized spacial score (nSPS) is 17.3. The maximum atomic E-state index is 12.5. The number of aliphatic carboxylic acids is 2. The van der Waals surface area contributed by atoms with Crippen LogP contribution in [-0.4, -0.2) is 68.2 Å². The number of aromatic nitrogens is 1. The van der Waals surface area contributed by atoms with E-state index in [1.54, 1.807) is 6.07 Å². The number of hydrogen-bond donors (Lipinski definition) is 3. The van der Waals surface area contributed by atoms with Gasteiger partial charge < -0.3 is 24.6 Å². The molecule has 1 aromatic heterocycles. The van der Waals surface area contributed by atoms with Gasteiger partial charge in [0.2, 0.25) is 0 Å². The molecule has 0 bridgehead atoms. The Balaban J connectivity index is 1.73. The van der Waals surface area contributed by atoms with E-state index >= 15 is 0 Å². The van der Waals surface area contributed by atoms with Crippen LogP contribution in [0.25, 0.3) is 11.3 Å². The summed E-state index contributed by atoms with van der Waals surface area (Å²) in [5.41, 5.74) is -1.35. The van der Waals surface area contributed by atoms with E-state index in [1.165, 1.54) is 0 Å². The molecule has 172 valence electrons. The molecule has 1 fully saturated rings. The molecule has 0 amide bonds. The first-order valence-electron chi connectivity index (χ1n) is 10.4. The fourth-order valence-electron chi connectivity index (χ4n) is 3.67. The molecule has 1 aromatic carbocycles. The van der Waals surface area contributed by atoms with Gasteiger partial charge in [-0.25, -0.2) is 4.79 Å². The molecule has 0 saturated carbocycles. The van der Waals surface area contributed by atoms with Crippen molar-refractivity contribution >= 4 is 17.9 Å². The van der Waals surface area contributed by atoms with E-state index in [0.717, 1.165) is 24.8 Å². The lowest BCUT2D eigenvalue weighted by Crippen LogP contribution is -2.46. The molecular formula is C22H26N2O8. The smallest absolute Gasteiger partial charge is 0.336 e. The number of esters is 1. The molecule has 0 radical (unpaired) electrons. The van der Waals surface area contributed by atoms with Crippen LogP contribution in [0.1, 0.15) is 37.8 Å². The minimum Gasteiger partial charge on any atom is -0.481 e. The molecule has 2 unspecified atom stereocenters. The number of ether oxygens (including phenoxy) is 1. The second kappa shape index (κ2) is 10.4. The number of hydrogen-bond acceptors (Lipinski definition) is 8. The summed E-state index contributed by atoms with van der Waals surface area (Å²) in [4.78, 5) is 36.7. The van der Waals surface area contributed by atoms with E-state index in [9.17, 15) is 24.6 Å². The lowest BCUT2D eigenvalue weighted by atomic mass is 9.96. The van der Waals surface area contributed by atoms with E-state index < -0.39 is 42.6 Å². The molecule has 1 saturated heterocycles. The van der Waals surface area contributed by atoms with Crippen molar-refractivity contribution < 1.29 is 39.0 Å². The third kappa shape index (κ3) is 6.14. The Labute approximate surface area is 184 Å². The molecule has 32 heavy (non-hydrogen) atoms. The van der Waals surface area contributed by atoms with Crippen LogP contribution in [0.2, 0.25) is 0 Å². The van der Waals surface area contributed by atoms with E-state index in [1.807, 2.05) is 35.2 Å². The molecule has 3 rings (SSSR count). The average Bonchev–Trinajstić information content (AvgIpc) is 3.22. The molecule has 2 heterocycles. The Morgan fingerprint density at radius 1 is 1.09 bits per heavy atom. The number of carboxylic acid groups (broad SMARTS) is 2. The maximum absolute atomic E-state index is 12.5. The van der Waals surface area contributed by atoms with Gasteiger partial charge in [0, 0.05) is 31.1 Å². The van der Waals surface area contributed by atoms with Crippen LogP contribution < -0.4 is 0 Å². The van der Waals surface area contributed by atoms with Crippen molar-refractivity contribution in [1.82, 2.24) is 10.1 Å². The Hall–Kier alpha value is -3.24.